The number of oxime groups is 1. The van der Waals surface area contributed by atoms with Crippen molar-refractivity contribution in [3.8, 4) is 0 Å². The number of nitrogens with two attached hydrogens (primary N) is 1. The topological polar surface area (TPSA) is 79.9 Å². The SMILES string of the molecule is CC1(CNCc2ccc(F)cc2/C(N)=N/O)CCCO1. The Morgan fingerprint density at radius 1 is 1.60 bits per heavy atom. The van der Waals surface area contributed by atoms with Crippen LogP contribution < -0.4 is 11.1 Å². The predicted molar refractivity (Wildman–Crippen MR) is 74.2 cm³/mol. The molecule has 0 saturated carbocycles. The Balaban J connectivity index is 2.02. The fourth-order valence-electron chi connectivity index (χ4n) is 2.43. The normalized spacial score (nSPS) is 23.2. The Bertz CT molecular complexity index is 499. The first-order chi connectivity index (χ1) is 9.54. The van der Waals surface area contributed by atoms with Gasteiger partial charge < -0.3 is 21.0 Å². The summed E-state index contributed by atoms with van der Waals surface area (Å²) in [5, 5.41) is 15.0. The van der Waals surface area contributed by atoms with E-state index in [0.29, 0.717) is 18.7 Å². The molecule has 1 aliphatic rings. The third-order valence-electron chi connectivity index (χ3n) is 3.57. The molecule has 0 spiro atoms. The Morgan fingerprint density at radius 3 is 3.05 bits per heavy atom. The highest BCUT2D eigenvalue weighted by molar-refractivity contribution is 5.98. The predicted octanol–water partition coefficient (Wildman–Crippen LogP) is 1.58. The van der Waals surface area contributed by atoms with Crippen molar-refractivity contribution in [2.24, 2.45) is 10.9 Å². The zero-order valence-electron chi connectivity index (χ0n) is 11.5. The summed E-state index contributed by atoms with van der Waals surface area (Å²) in [5.41, 5.74) is 6.60. The number of ether oxygens (including phenoxy) is 1. The summed E-state index contributed by atoms with van der Waals surface area (Å²) in [5.74, 6) is -0.508. The molecular formula is C14H20FN3O2. The molecule has 0 aromatic heterocycles. The monoisotopic (exact) mass is 281 g/mol. The quantitative estimate of drug-likeness (QED) is 0.331. The minimum atomic E-state index is -0.415. The number of nitrogens with zero attached hydrogens (tertiary/aromatic N) is 1. The van der Waals surface area contributed by atoms with Crippen LogP contribution in [0, 0.1) is 5.82 Å². The van der Waals surface area contributed by atoms with E-state index in [1.165, 1.54) is 12.1 Å². The summed E-state index contributed by atoms with van der Waals surface area (Å²) < 4.78 is 18.9. The molecule has 2 rings (SSSR count). The molecule has 0 radical (unpaired) electrons. The van der Waals surface area contributed by atoms with Gasteiger partial charge in [-0.1, -0.05) is 11.2 Å². The number of benzene rings is 1. The van der Waals surface area contributed by atoms with E-state index in [2.05, 4.69) is 17.4 Å². The van der Waals surface area contributed by atoms with Gasteiger partial charge in [-0.3, -0.25) is 0 Å². The number of hydrogen-bond donors (Lipinski definition) is 3. The van der Waals surface area contributed by atoms with Gasteiger partial charge in [0.1, 0.15) is 5.82 Å². The molecule has 0 amide bonds. The first kappa shape index (κ1) is 14.7. The van der Waals surface area contributed by atoms with E-state index in [0.717, 1.165) is 25.0 Å². The van der Waals surface area contributed by atoms with Crippen molar-refractivity contribution < 1.29 is 14.3 Å². The van der Waals surface area contributed by atoms with Crippen LogP contribution in [-0.2, 0) is 11.3 Å². The lowest BCUT2D eigenvalue weighted by Crippen LogP contribution is -2.37. The molecule has 1 heterocycles. The molecule has 1 unspecified atom stereocenters. The molecule has 1 atom stereocenters. The van der Waals surface area contributed by atoms with Gasteiger partial charge >= 0.3 is 0 Å². The minimum absolute atomic E-state index is 0.0929. The highest BCUT2D eigenvalue weighted by atomic mass is 19.1. The lowest BCUT2D eigenvalue weighted by molar-refractivity contribution is 0.0207. The third-order valence-corrected chi connectivity index (χ3v) is 3.57. The lowest BCUT2D eigenvalue weighted by atomic mass is 10.0. The van der Waals surface area contributed by atoms with Crippen molar-refractivity contribution in [2.75, 3.05) is 13.2 Å². The van der Waals surface area contributed by atoms with Gasteiger partial charge in [-0.15, -0.1) is 0 Å². The van der Waals surface area contributed by atoms with Gasteiger partial charge in [0.15, 0.2) is 5.84 Å². The molecule has 1 saturated heterocycles. The van der Waals surface area contributed by atoms with E-state index < -0.39 is 5.82 Å². The molecule has 1 aliphatic heterocycles. The summed E-state index contributed by atoms with van der Waals surface area (Å²) in [4.78, 5) is 0. The van der Waals surface area contributed by atoms with Crippen LogP contribution in [0.1, 0.15) is 30.9 Å². The Labute approximate surface area is 117 Å². The van der Waals surface area contributed by atoms with E-state index >= 15 is 0 Å². The van der Waals surface area contributed by atoms with Crippen LogP contribution in [-0.4, -0.2) is 29.8 Å². The van der Waals surface area contributed by atoms with Crippen LogP contribution in [0.25, 0.3) is 0 Å². The first-order valence-corrected chi connectivity index (χ1v) is 6.65. The van der Waals surface area contributed by atoms with Gasteiger partial charge in [0.05, 0.1) is 5.60 Å². The van der Waals surface area contributed by atoms with E-state index in [-0.39, 0.29) is 11.4 Å². The van der Waals surface area contributed by atoms with Crippen LogP contribution in [0.4, 0.5) is 4.39 Å². The highest BCUT2D eigenvalue weighted by Crippen LogP contribution is 2.24. The van der Waals surface area contributed by atoms with Gasteiger partial charge in [0, 0.05) is 25.3 Å². The average Bonchev–Trinajstić information content (AvgIpc) is 2.86. The molecule has 1 aromatic rings. The summed E-state index contributed by atoms with van der Waals surface area (Å²) in [6.45, 7) is 4.08. The second-order valence-electron chi connectivity index (χ2n) is 5.29. The zero-order chi connectivity index (χ0) is 14.6. The molecule has 1 aromatic carbocycles. The Kier molecular flexibility index (Phi) is 4.57. The molecule has 0 bridgehead atoms. The van der Waals surface area contributed by atoms with E-state index in [4.69, 9.17) is 15.7 Å². The van der Waals surface area contributed by atoms with Crippen molar-refractivity contribution in [2.45, 2.75) is 31.9 Å². The molecular weight excluding hydrogens is 261 g/mol. The lowest BCUT2D eigenvalue weighted by Gasteiger charge is -2.23. The van der Waals surface area contributed by atoms with Crippen LogP contribution in [0.15, 0.2) is 23.4 Å². The molecule has 4 N–H and O–H groups in total. The van der Waals surface area contributed by atoms with E-state index in [1.807, 2.05) is 0 Å². The second-order valence-corrected chi connectivity index (χ2v) is 5.29. The highest BCUT2D eigenvalue weighted by Gasteiger charge is 2.29. The smallest absolute Gasteiger partial charge is 0.170 e. The van der Waals surface area contributed by atoms with Crippen LogP contribution >= 0.6 is 0 Å². The number of amidine groups is 1. The molecule has 110 valence electrons. The maximum absolute atomic E-state index is 13.2. The third kappa shape index (κ3) is 3.46. The van der Waals surface area contributed by atoms with Crippen LogP contribution in [0.3, 0.4) is 0 Å². The summed E-state index contributed by atoms with van der Waals surface area (Å²) in [6.07, 6.45) is 2.10. The van der Waals surface area contributed by atoms with E-state index in [9.17, 15) is 4.39 Å². The molecule has 1 fully saturated rings. The molecule has 0 aliphatic carbocycles. The Hall–Kier alpha value is -1.66. The standard InChI is InChI=1S/C14H20FN3O2/c1-14(5-2-6-20-14)9-17-8-10-3-4-11(15)7-12(10)13(16)18-19/h3-4,7,17,19H,2,5-6,8-9H2,1H3,(H2,16,18). The van der Waals surface area contributed by atoms with Crippen molar-refractivity contribution in [1.82, 2.24) is 5.32 Å². The van der Waals surface area contributed by atoms with Gasteiger partial charge in [0.25, 0.3) is 0 Å². The van der Waals surface area contributed by atoms with Crippen molar-refractivity contribution in [3.63, 3.8) is 0 Å². The second kappa shape index (κ2) is 6.19. The van der Waals surface area contributed by atoms with Crippen molar-refractivity contribution in [1.29, 1.82) is 0 Å². The van der Waals surface area contributed by atoms with Gasteiger partial charge in [-0.05, 0) is 37.5 Å². The number of hydrogen-bond acceptors (Lipinski definition) is 4. The van der Waals surface area contributed by atoms with Crippen LogP contribution in [0.2, 0.25) is 0 Å². The fraction of sp³-hybridized carbons (Fsp3) is 0.500. The largest absolute Gasteiger partial charge is 0.409 e. The molecule has 6 heteroatoms. The number of nitrogens with one attached hydrogen (secondary N) is 1. The average molecular weight is 281 g/mol. The number of halogens is 1. The van der Waals surface area contributed by atoms with Gasteiger partial charge in [-0.25, -0.2) is 4.39 Å². The summed E-state index contributed by atoms with van der Waals surface area (Å²) in [7, 11) is 0. The summed E-state index contributed by atoms with van der Waals surface area (Å²) >= 11 is 0. The fourth-order valence-corrected chi connectivity index (χ4v) is 2.43. The molecule has 20 heavy (non-hydrogen) atoms. The van der Waals surface area contributed by atoms with Crippen LogP contribution in [0.5, 0.6) is 0 Å². The van der Waals surface area contributed by atoms with Gasteiger partial charge in [0.2, 0.25) is 0 Å². The van der Waals surface area contributed by atoms with Gasteiger partial charge in [-0.2, -0.15) is 0 Å². The summed E-state index contributed by atoms with van der Waals surface area (Å²) in [6, 6.07) is 4.26. The van der Waals surface area contributed by atoms with E-state index in [1.54, 1.807) is 6.07 Å². The first-order valence-electron chi connectivity index (χ1n) is 6.65. The molecule has 5 nitrogen and oxygen atoms in total. The maximum Gasteiger partial charge on any atom is 0.170 e. The Morgan fingerprint density at radius 2 is 2.40 bits per heavy atom. The number of rotatable bonds is 5. The maximum atomic E-state index is 13.2. The minimum Gasteiger partial charge on any atom is -0.409 e. The van der Waals surface area contributed by atoms with Crippen molar-refractivity contribution >= 4 is 5.84 Å². The van der Waals surface area contributed by atoms with Crippen molar-refractivity contribution in [3.05, 3.63) is 35.1 Å². The zero-order valence-corrected chi connectivity index (χ0v) is 11.5.